The van der Waals surface area contributed by atoms with Crippen molar-refractivity contribution in [3.8, 4) is 0 Å². The van der Waals surface area contributed by atoms with Gasteiger partial charge in [-0.2, -0.15) is 5.10 Å². The average Bonchev–Trinajstić information content (AvgIpc) is 2.69. The highest BCUT2D eigenvalue weighted by atomic mass is 16.2. The Morgan fingerprint density at radius 3 is 2.79 bits per heavy atom. The molecule has 0 fully saturated rings. The van der Waals surface area contributed by atoms with Crippen molar-refractivity contribution < 1.29 is 4.79 Å². The van der Waals surface area contributed by atoms with E-state index in [-0.39, 0.29) is 5.91 Å². The smallest absolute Gasteiger partial charge is 0.257 e. The van der Waals surface area contributed by atoms with Crippen molar-refractivity contribution in [2.75, 3.05) is 12.8 Å². The fraction of sp³-hybridized carbons (Fsp3) is 0.286. The van der Waals surface area contributed by atoms with Crippen LogP contribution in [0.1, 0.15) is 21.6 Å². The van der Waals surface area contributed by atoms with E-state index in [0.717, 1.165) is 11.3 Å². The number of nitrogen functional groups attached to an aromatic ring is 1. The maximum absolute atomic E-state index is 12.3. The largest absolute Gasteiger partial charge is 0.399 e. The monoisotopic (exact) mass is 258 g/mol. The minimum absolute atomic E-state index is 0.0342. The number of hydrogen-bond donors (Lipinski definition) is 1. The third-order valence-corrected chi connectivity index (χ3v) is 3.18. The first-order chi connectivity index (χ1) is 8.99. The molecule has 1 amide bonds. The van der Waals surface area contributed by atoms with Gasteiger partial charge in [-0.15, -0.1) is 0 Å². The van der Waals surface area contributed by atoms with Crippen molar-refractivity contribution in [1.82, 2.24) is 14.7 Å². The highest BCUT2D eigenvalue weighted by Gasteiger charge is 2.17. The Balaban J connectivity index is 2.14. The molecule has 19 heavy (non-hydrogen) atoms. The molecule has 5 heteroatoms. The minimum Gasteiger partial charge on any atom is -0.399 e. The van der Waals surface area contributed by atoms with Crippen LogP contribution in [0.25, 0.3) is 0 Å². The number of aromatic nitrogens is 2. The first kappa shape index (κ1) is 13.1. The molecule has 0 spiro atoms. The molecule has 2 N–H and O–H groups in total. The van der Waals surface area contributed by atoms with E-state index < -0.39 is 0 Å². The summed E-state index contributed by atoms with van der Waals surface area (Å²) in [6.45, 7) is 2.41. The van der Waals surface area contributed by atoms with Gasteiger partial charge in [-0.05, 0) is 24.6 Å². The van der Waals surface area contributed by atoms with E-state index in [9.17, 15) is 4.79 Å². The predicted octanol–water partition coefficient (Wildman–Crippen LogP) is 1.58. The standard InChI is InChI=1S/C14H18N4O/c1-10-13(8-16-18(10)3)14(19)17(2)9-11-5-4-6-12(15)7-11/h4-8H,9,15H2,1-3H3. The Hall–Kier alpha value is -2.30. The highest BCUT2D eigenvalue weighted by Crippen LogP contribution is 2.13. The third kappa shape index (κ3) is 2.76. The first-order valence-corrected chi connectivity index (χ1v) is 6.07. The van der Waals surface area contributed by atoms with Gasteiger partial charge >= 0.3 is 0 Å². The molecule has 100 valence electrons. The Morgan fingerprint density at radius 2 is 2.21 bits per heavy atom. The summed E-state index contributed by atoms with van der Waals surface area (Å²) in [6.07, 6.45) is 1.60. The zero-order valence-electron chi connectivity index (χ0n) is 11.4. The number of nitrogens with zero attached hydrogens (tertiary/aromatic N) is 3. The van der Waals surface area contributed by atoms with Gasteiger partial charge in [0, 0.05) is 32.0 Å². The Kier molecular flexibility index (Phi) is 3.55. The number of benzene rings is 1. The van der Waals surface area contributed by atoms with Crippen LogP contribution in [0, 0.1) is 6.92 Å². The summed E-state index contributed by atoms with van der Waals surface area (Å²) in [4.78, 5) is 14.0. The summed E-state index contributed by atoms with van der Waals surface area (Å²) >= 11 is 0. The summed E-state index contributed by atoms with van der Waals surface area (Å²) in [6, 6.07) is 7.55. The molecule has 2 rings (SSSR count). The zero-order chi connectivity index (χ0) is 14.0. The second kappa shape index (κ2) is 5.14. The molecular weight excluding hydrogens is 240 g/mol. The number of carbonyl (C=O) groups excluding carboxylic acids is 1. The summed E-state index contributed by atoms with van der Waals surface area (Å²) in [7, 11) is 3.60. The van der Waals surface area contributed by atoms with E-state index in [1.54, 1.807) is 22.8 Å². The molecule has 1 heterocycles. The molecule has 0 atom stereocenters. The SMILES string of the molecule is Cc1c(C(=O)N(C)Cc2cccc(N)c2)cnn1C. The van der Waals surface area contributed by atoms with Gasteiger partial charge in [0.1, 0.15) is 0 Å². The number of rotatable bonds is 3. The predicted molar refractivity (Wildman–Crippen MR) is 74.6 cm³/mol. The molecule has 0 radical (unpaired) electrons. The molecule has 0 saturated heterocycles. The molecule has 0 aliphatic heterocycles. The van der Waals surface area contributed by atoms with Crippen LogP contribution in [0.15, 0.2) is 30.5 Å². The number of carbonyl (C=O) groups is 1. The Morgan fingerprint density at radius 1 is 1.47 bits per heavy atom. The van der Waals surface area contributed by atoms with E-state index in [1.807, 2.05) is 38.2 Å². The van der Waals surface area contributed by atoms with Gasteiger partial charge < -0.3 is 10.6 Å². The summed E-state index contributed by atoms with van der Waals surface area (Å²) in [5, 5.41) is 4.09. The number of anilines is 1. The van der Waals surface area contributed by atoms with E-state index >= 15 is 0 Å². The number of aryl methyl sites for hydroxylation is 1. The summed E-state index contributed by atoms with van der Waals surface area (Å²) in [5.74, 6) is -0.0342. The molecule has 2 aromatic rings. The normalized spacial score (nSPS) is 10.5. The third-order valence-electron chi connectivity index (χ3n) is 3.18. The lowest BCUT2D eigenvalue weighted by Gasteiger charge is -2.17. The molecule has 1 aromatic heterocycles. The van der Waals surface area contributed by atoms with Gasteiger partial charge in [0.2, 0.25) is 0 Å². The highest BCUT2D eigenvalue weighted by molar-refractivity contribution is 5.94. The van der Waals surface area contributed by atoms with Gasteiger partial charge in [0.25, 0.3) is 5.91 Å². The van der Waals surface area contributed by atoms with Crippen LogP contribution in [0.5, 0.6) is 0 Å². The molecule has 0 aliphatic carbocycles. The van der Waals surface area contributed by atoms with Gasteiger partial charge in [0.05, 0.1) is 11.8 Å². The molecule has 0 unspecified atom stereocenters. The van der Waals surface area contributed by atoms with Crippen molar-refractivity contribution in [1.29, 1.82) is 0 Å². The van der Waals surface area contributed by atoms with Crippen molar-refractivity contribution in [2.24, 2.45) is 7.05 Å². The summed E-state index contributed by atoms with van der Waals surface area (Å²) in [5.41, 5.74) is 8.95. The maximum atomic E-state index is 12.3. The second-order valence-electron chi connectivity index (χ2n) is 4.67. The zero-order valence-corrected chi connectivity index (χ0v) is 11.4. The van der Waals surface area contributed by atoms with E-state index in [2.05, 4.69) is 5.10 Å². The number of amides is 1. The quantitative estimate of drug-likeness (QED) is 0.850. The molecule has 0 bridgehead atoms. The Bertz CT molecular complexity index is 603. The van der Waals surface area contributed by atoms with Crippen LogP contribution in [0.4, 0.5) is 5.69 Å². The lowest BCUT2D eigenvalue weighted by Crippen LogP contribution is -2.26. The molecule has 1 aromatic carbocycles. The van der Waals surface area contributed by atoms with Crippen molar-refractivity contribution in [2.45, 2.75) is 13.5 Å². The molecule has 5 nitrogen and oxygen atoms in total. The van der Waals surface area contributed by atoms with Crippen LogP contribution < -0.4 is 5.73 Å². The summed E-state index contributed by atoms with van der Waals surface area (Å²) < 4.78 is 1.70. The van der Waals surface area contributed by atoms with E-state index in [0.29, 0.717) is 17.8 Å². The second-order valence-corrected chi connectivity index (χ2v) is 4.67. The van der Waals surface area contributed by atoms with E-state index in [1.165, 1.54) is 0 Å². The topological polar surface area (TPSA) is 64.2 Å². The van der Waals surface area contributed by atoms with Crippen LogP contribution >= 0.6 is 0 Å². The van der Waals surface area contributed by atoms with Gasteiger partial charge in [-0.3, -0.25) is 9.48 Å². The van der Waals surface area contributed by atoms with Crippen molar-refractivity contribution in [3.63, 3.8) is 0 Å². The van der Waals surface area contributed by atoms with Crippen LogP contribution in [0.3, 0.4) is 0 Å². The lowest BCUT2D eigenvalue weighted by molar-refractivity contribution is 0.0784. The van der Waals surface area contributed by atoms with Gasteiger partial charge in [-0.1, -0.05) is 12.1 Å². The van der Waals surface area contributed by atoms with Crippen LogP contribution in [-0.2, 0) is 13.6 Å². The van der Waals surface area contributed by atoms with Gasteiger partial charge in [-0.25, -0.2) is 0 Å². The number of hydrogen-bond acceptors (Lipinski definition) is 3. The fourth-order valence-electron chi connectivity index (χ4n) is 1.95. The van der Waals surface area contributed by atoms with Gasteiger partial charge in [0.15, 0.2) is 0 Å². The molecular formula is C14H18N4O. The lowest BCUT2D eigenvalue weighted by atomic mass is 10.1. The molecule has 0 saturated carbocycles. The first-order valence-electron chi connectivity index (χ1n) is 6.07. The van der Waals surface area contributed by atoms with E-state index in [4.69, 9.17) is 5.73 Å². The van der Waals surface area contributed by atoms with Crippen LogP contribution in [-0.4, -0.2) is 27.6 Å². The fourth-order valence-corrected chi connectivity index (χ4v) is 1.95. The van der Waals surface area contributed by atoms with Crippen molar-refractivity contribution in [3.05, 3.63) is 47.3 Å². The Labute approximate surface area is 112 Å². The maximum Gasteiger partial charge on any atom is 0.257 e. The minimum atomic E-state index is -0.0342. The average molecular weight is 258 g/mol. The van der Waals surface area contributed by atoms with Crippen molar-refractivity contribution >= 4 is 11.6 Å². The van der Waals surface area contributed by atoms with Crippen LogP contribution in [0.2, 0.25) is 0 Å². The number of nitrogens with two attached hydrogens (primary N) is 1. The molecule has 0 aliphatic rings.